The van der Waals surface area contributed by atoms with E-state index in [1.165, 1.54) is 0 Å². The highest BCUT2D eigenvalue weighted by Crippen LogP contribution is 2.16. The number of benzene rings is 1. The lowest BCUT2D eigenvalue weighted by atomic mass is 10.0. The number of hydrogen-bond donors (Lipinski definition) is 3. The molecule has 0 aliphatic carbocycles. The molecule has 3 N–H and O–H groups in total. The fraction of sp³-hybridized carbons (Fsp3) is 0.467. The summed E-state index contributed by atoms with van der Waals surface area (Å²) in [5, 5.41) is 14.8. The van der Waals surface area contributed by atoms with Gasteiger partial charge in [0, 0.05) is 6.04 Å². The number of carboxylic acid groups (broad SMARTS) is 1. The van der Waals surface area contributed by atoms with Crippen molar-refractivity contribution in [3.63, 3.8) is 0 Å². The maximum Gasteiger partial charge on any atom is 0.305 e. The van der Waals surface area contributed by atoms with E-state index in [0.717, 1.165) is 12.0 Å². The molecule has 1 aromatic carbocycles. The van der Waals surface area contributed by atoms with Crippen LogP contribution in [0.5, 0.6) is 0 Å². The maximum atomic E-state index is 11.9. The molecule has 5 heteroatoms. The Morgan fingerprint density at radius 1 is 1.25 bits per heavy atom. The summed E-state index contributed by atoms with van der Waals surface area (Å²) < 4.78 is 0. The second kappa shape index (κ2) is 8.32. The minimum Gasteiger partial charge on any atom is -0.481 e. The van der Waals surface area contributed by atoms with E-state index in [1.54, 1.807) is 0 Å². The summed E-state index contributed by atoms with van der Waals surface area (Å²) >= 11 is 0. The van der Waals surface area contributed by atoms with Crippen LogP contribution in [0.1, 0.15) is 38.3 Å². The molecular formula is C15H22N2O3. The monoisotopic (exact) mass is 278 g/mol. The lowest BCUT2D eigenvalue weighted by Crippen LogP contribution is -2.39. The fourth-order valence-electron chi connectivity index (χ4n) is 1.77. The van der Waals surface area contributed by atoms with Crippen molar-refractivity contribution in [1.29, 1.82) is 0 Å². The van der Waals surface area contributed by atoms with Crippen LogP contribution in [0.25, 0.3) is 0 Å². The van der Waals surface area contributed by atoms with Gasteiger partial charge in [-0.2, -0.15) is 0 Å². The van der Waals surface area contributed by atoms with Gasteiger partial charge in [0.2, 0.25) is 5.91 Å². The van der Waals surface area contributed by atoms with Crippen LogP contribution in [0.4, 0.5) is 0 Å². The van der Waals surface area contributed by atoms with E-state index in [0.29, 0.717) is 0 Å². The first kappa shape index (κ1) is 16.2. The molecule has 0 saturated heterocycles. The molecule has 1 rings (SSSR count). The molecule has 0 aliphatic heterocycles. The predicted octanol–water partition coefficient (Wildman–Crippen LogP) is 1.71. The molecule has 0 bridgehead atoms. The summed E-state index contributed by atoms with van der Waals surface area (Å²) in [6.07, 6.45) is 0.809. The molecule has 2 unspecified atom stereocenters. The van der Waals surface area contributed by atoms with Crippen LogP contribution < -0.4 is 10.6 Å². The fourth-order valence-corrected chi connectivity index (χ4v) is 1.77. The summed E-state index contributed by atoms with van der Waals surface area (Å²) in [6, 6.07) is 8.90. The van der Waals surface area contributed by atoms with Gasteiger partial charge in [-0.25, -0.2) is 0 Å². The molecule has 1 aromatic rings. The molecule has 0 aromatic heterocycles. The van der Waals surface area contributed by atoms with Crippen molar-refractivity contribution < 1.29 is 14.7 Å². The van der Waals surface area contributed by atoms with Crippen molar-refractivity contribution in [1.82, 2.24) is 10.6 Å². The van der Waals surface area contributed by atoms with Gasteiger partial charge in [-0.15, -0.1) is 0 Å². The molecule has 110 valence electrons. The average molecular weight is 278 g/mol. The highest BCUT2D eigenvalue weighted by atomic mass is 16.4. The normalized spacial score (nSPS) is 13.5. The summed E-state index contributed by atoms with van der Waals surface area (Å²) in [5.74, 6) is -1.13. The molecule has 1 amide bonds. The Morgan fingerprint density at radius 3 is 2.45 bits per heavy atom. The van der Waals surface area contributed by atoms with Crippen LogP contribution in [0.15, 0.2) is 30.3 Å². The lowest BCUT2D eigenvalue weighted by Gasteiger charge is -2.18. The quantitative estimate of drug-likeness (QED) is 0.676. The molecule has 0 heterocycles. The number of amides is 1. The summed E-state index contributed by atoms with van der Waals surface area (Å²) in [6.45, 7) is 4.23. The van der Waals surface area contributed by atoms with Crippen LogP contribution in [0, 0.1) is 0 Å². The van der Waals surface area contributed by atoms with E-state index in [4.69, 9.17) is 5.11 Å². The number of nitrogens with one attached hydrogen (secondary N) is 2. The Hall–Kier alpha value is -1.88. The molecule has 0 radical (unpaired) electrons. The zero-order valence-electron chi connectivity index (χ0n) is 11.9. The number of carbonyl (C=O) groups excluding carboxylic acids is 1. The predicted molar refractivity (Wildman–Crippen MR) is 77.3 cm³/mol. The Balaban J connectivity index is 2.61. The average Bonchev–Trinajstić information content (AvgIpc) is 2.44. The minimum absolute atomic E-state index is 0.126. The number of carbonyl (C=O) groups is 2. The van der Waals surface area contributed by atoms with E-state index < -0.39 is 12.0 Å². The van der Waals surface area contributed by atoms with E-state index in [9.17, 15) is 9.59 Å². The molecule has 0 spiro atoms. The first-order chi connectivity index (χ1) is 9.52. The van der Waals surface area contributed by atoms with Gasteiger partial charge < -0.3 is 15.7 Å². The largest absolute Gasteiger partial charge is 0.481 e. The van der Waals surface area contributed by atoms with Crippen LogP contribution in [0.3, 0.4) is 0 Å². The van der Waals surface area contributed by atoms with Gasteiger partial charge in [0.05, 0.1) is 19.0 Å². The number of aliphatic carboxylic acids is 1. The van der Waals surface area contributed by atoms with Crippen LogP contribution in [0.2, 0.25) is 0 Å². The van der Waals surface area contributed by atoms with Crippen molar-refractivity contribution in [2.24, 2.45) is 0 Å². The van der Waals surface area contributed by atoms with Crippen molar-refractivity contribution in [2.75, 3.05) is 6.54 Å². The zero-order valence-corrected chi connectivity index (χ0v) is 11.9. The van der Waals surface area contributed by atoms with Crippen LogP contribution in [-0.4, -0.2) is 29.6 Å². The van der Waals surface area contributed by atoms with Crippen molar-refractivity contribution in [3.8, 4) is 0 Å². The summed E-state index contributed by atoms with van der Waals surface area (Å²) in [5.41, 5.74) is 0.798. The van der Waals surface area contributed by atoms with Gasteiger partial charge in [0.25, 0.3) is 0 Å². The van der Waals surface area contributed by atoms with E-state index >= 15 is 0 Å². The molecule has 5 nitrogen and oxygen atoms in total. The molecule has 0 saturated carbocycles. The second-order valence-electron chi connectivity index (χ2n) is 4.82. The van der Waals surface area contributed by atoms with Gasteiger partial charge in [-0.05, 0) is 18.9 Å². The van der Waals surface area contributed by atoms with Crippen molar-refractivity contribution in [2.45, 2.75) is 38.8 Å². The lowest BCUT2D eigenvalue weighted by molar-refractivity contribution is -0.137. The first-order valence-corrected chi connectivity index (χ1v) is 6.82. The maximum absolute atomic E-state index is 11.9. The minimum atomic E-state index is -0.936. The third-order valence-electron chi connectivity index (χ3n) is 3.14. The van der Waals surface area contributed by atoms with Crippen LogP contribution >= 0.6 is 0 Å². The second-order valence-corrected chi connectivity index (χ2v) is 4.82. The van der Waals surface area contributed by atoms with E-state index in [1.807, 2.05) is 44.2 Å². The zero-order chi connectivity index (χ0) is 15.0. The van der Waals surface area contributed by atoms with E-state index in [-0.39, 0.29) is 24.9 Å². The third-order valence-corrected chi connectivity index (χ3v) is 3.14. The Labute approximate surface area is 119 Å². The number of carboxylic acids is 1. The van der Waals surface area contributed by atoms with Crippen molar-refractivity contribution in [3.05, 3.63) is 35.9 Å². The number of rotatable bonds is 8. The van der Waals surface area contributed by atoms with Gasteiger partial charge in [0.15, 0.2) is 0 Å². The Morgan fingerprint density at radius 2 is 1.90 bits per heavy atom. The third kappa shape index (κ3) is 5.84. The van der Waals surface area contributed by atoms with Gasteiger partial charge in [-0.3, -0.25) is 9.59 Å². The molecule has 0 fully saturated rings. The molecule has 20 heavy (non-hydrogen) atoms. The molecule has 0 aliphatic rings. The SMILES string of the molecule is CCC(C)NCC(=O)NC(CC(=O)O)c1ccccc1. The van der Waals surface area contributed by atoms with E-state index in [2.05, 4.69) is 10.6 Å². The Bertz CT molecular complexity index is 434. The Kier molecular flexibility index (Phi) is 6.73. The van der Waals surface area contributed by atoms with Crippen LogP contribution in [-0.2, 0) is 9.59 Å². The standard InChI is InChI=1S/C15H22N2O3/c1-3-11(2)16-10-14(18)17-13(9-15(19)20)12-7-5-4-6-8-12/h4-8,11,13,16H,3,9-10H2,1-2H3,(H,17,18)(H,19,20). The highest BCUT2D eigenvalue weighted by molar-refractivity contribution is 5.79. The van der Waals surface area contributed by atoms with Gasteiger partial charge in [-0.1, -0.05) is 37.3 Å². The summed E-state index contributed by atoms with van der Waals surface area (Å²) in [7, 11) is 0. The van der Waals surface area contributed by atoms with Crippen molar-refractivity contribution >= 4 is 11.9 Å². The number of hydrogen-bond acceptors (Lipinski definition) is 3. The topological polar surface area (TPSA) is 78.4 Å². The molecule has 2 atom stereocenters. The van der Waals surface area contributed by atoms with Gasteiger partial charge in [0.1, 0.15) is 0 Å². The smallest absolute Gasteiger partial charge is 0.305 e. The summed E-state index contributed by atoms with van der Waals surface area (Å²) in [4.78, 5) is 22.8. The molecular weight excluding hydrogens is 256 g/mol. The van der Waals surface area contributed by atoms with Gasteiger partial charge >= 0.3 is 5.97 Å². The first-order valence-electron chi connectivity index (χ1n) is 6.82. The highest BCUT2D eigenvalue weighted by Gasteiger charge is 2.17.